The Morgan fingerprint density at radius 1 is 1.06 bits per heavy atom. The van der Waals surface area contributed by atoms with Gasteiger partial charge in [-0.25, -0.2) is 9.97 Å². The van der Waals surface area contributed by atoms with Crippen LogP contribution in [-0.4, -0.2) is 21.8 Å². The molecule has 0 aromatic carbocycles. The van der Waals surface area contributed by atoms with E-state index in [4.69, 9.17) is 34.5 Å². The SMILES string of the molecule is Cl.Cl.Cl.NC(N)=NC(=O)c1nc(Cl)c(N)nc1N. The average molecular weight is 339 g/mol. The first kappa shape index (κ1) is 22.0. The van der Waals surface area contributed by atoms with Crippen molar-refractivity contribution < 1.29 is 4.79 Å². The molecule has 0 aliphatic rings. The van der Waals surface area contributed by atoms with Crippen LogP contribution >= 0.6 is 48.8 Å². The van der Waals surface area contributed by atoms with Gasteiger partial charge in [-0.1, -0.05) is 11.6 Å². The zero-order valence-electron chi connectivity index (χ0n) is 8.66. The van der Waals surface area contributed by atoms with Crippen molar-refractivity contribution in [1.82, 2.24) is 9.97 Å². The van der Waals surface area contributed by atoms with Gasteiger partial charge in [0.1, 0.15) is 0 Å². The van der Waals surface area contributed by atoms with Crippen LogP contribution < -0.4 is 22.9 Å². The maximum Gasteiger partial charge on any atom is 0.302 e. The van der Waals surface area contributed by atoms with Crippen LogP contribution in [0, 0.1) is 0 Å². The van der Waals surface area contributed by atoms with E-state index in [9.17, 15) is 4.79 Å². The molecular formula is C6H11Cl4N7O. The third-order valence-electron chi connectivity index (χ3n) is 1.34. The predicted octanol–water partition coefficient (Wildman–Crippen LogP) is -0.0266. The Kier molecular flexibility index (Phi) is 10.8. The monoisotopic (exact) mass is 337 g/mol. The molecule has 18 heavy (non-hydrogen) atoms. The molecule has 8 N–H and O–H groups in total. The number of carbonyl (C=O) groups excluding carboxylic acids is 1. The molecule has 12 heteroatoms. The van der Waals surface area contributed by atoms with E-state index in [0.29, 0.717) is 0 Å². The van der Waals surface area contributed by atoms with E-state index >= 15 is 0 Å². The molecule has 104 valence electrons. The van der Waals surface area contributed by atoms with Crippen LogP contribution in [0.15, 0.2) is 4.99 Å². The van der Waals surface area contributed by atoms with Gasteiger partial charge in [0.15, 0.2) is 28.4 Å². The van der Waals surface area contributed by atoms with Gasteiger partial charge in [0.05, 0.1) is 0 Å². The largest absolute Gasteiger partial charge is 0.382 e. The Labute approximate surface area is 126 Å². The standard InChI is InChI=1S/C6H8ClN7O.3ClH/c7-2-4(9)13-3(8)1(12-2)5(15)14-6(10)11;;;/h(H4,8,9,13)(H4,10,11,14,15);3*1H. The van der Waals surface area contributed by atoms with E-state index < -0.39 is 11.9 Å². The number of aliphatic imine (C=N–C) groups is 1. The fourth-order valence-corrected chi connectivity index (χ4v) is 0.896. The minimum absolute atomic E-state index is 0. The number of nitrogens with two attached hydrogens (primary N) is 4. The summed E-state index contributed by atoms with van der Waals surface area (Å²) in [6.45, 7) is 0. The molecular weight excluding hydrogens is 328 g/mol. The lowest BCUT2D eigenvalue weighted by Gasteiger charge is -2.02. The highest BCUT2D eigenvalue weighted by molar-refractivity contribution is 6.31. The van der Waals surface area contributed by atoms with Gasteiger partial charge in [0.25, 0.3) is 0 Å². The molecule has 0 atom stereocenters. The molecule has 0 radical (unpaired) electrons. The van der Waals surface area contributed by atoms with Gasteiger partial charge in [-0.05, 0) is 0 Å². The molecule has 0 unspecified atom stereocenters. The Bertz CT molecular complexity index is 448. The second kappa shape index (κ2) is 8.81. The number of nitrogens with zero attached hydrogens (tertiary/aromatic N) is 3. The summed E-state index contributed by atoms with van der Waals surface area (Å²) in [7, 11) is 0. The third kappa shape index (κ3) is 5.41. The van der Waals surface area contributed by atoms with E-state index in [1.807, 2.05) is 0 Å². The lowest BCUT2D eigenvalue weighted by Crippen LogP contribution is -2.24. The number of carbonyl (C=O) groups is 1. The normalized spacial score (nSPS) is 8.06. The van der Waals surface area contributed by atoms with E-state index in [1.165, 1.54) is 0 Å². The summed E-state index contributed by atoms with van der Waals surface area (Å²) in [6, 6.07) is 0. The minimum Gasteiger partial charge on any atom is -0.382 e. The smallest absolute Gasteiger partial charge is 0.302 e. The maximum absolute atomic E-state index is 11.3. The van der Waals surface area contributed by atoms with Crippen LogP contribution in [0.3, 0.4) is 0 Å². The summed E-state index contributed by atoms with van der Waals surface area (Å²) in [5.41, 5.74) is 20.5. The average Bonchev–Trinajstić information content (AvgIpc) is 2.09. The Morgan fingerprint density at radius 2 is 1.56 bits per heavy atom. The quantitative estimate of drug-likeness (QED) is 0.413. The molecule has 0 bridgehead atoms. The maximum atomic E-state index is 11.3. The number of nitrogen functional groups attached to an aromatic ring is 2. The third-order valence-corrected chi connectivity index (χ3v) is 1.62. The summed E-state index contributed by atoms with van der Waals surface area (Å²) < 4.78 is 0. The zero-order valence-corrected chi connectivity index (χ0v) is 11.9. The zero-order chi connectivity index (χ0) is 11.6. The molecule has 1 amide bonds. The number of aromatic nitrogens is 2. The van der Waals surface area contributed by atoms with Crippen molar-refractivity contribution in [1.29, 1.82) is 0 Å². The Balaban J connectivity index is -0.000000750. The molecule has 8 nitrogen and oxygen atoms in total. The van der Waals surface area contributed by atoms with Crippen molar-refractivity contribution >= 4 is 72.3 Å². The van der Waals surface area contributed by atoms with Crippen molar-refractivity contribution in [2.45, 2.75) is 0 Å². The number of anilines is 2. The molecule has 1 aromatic heterocycles. The summed E-state index contributed by atoms with van der Waals surface area (Å²) in [5, 5.41) is -0.140. The van der Waals surface area contributed by atoms with Gasteiger partial charge in [-0.2, -0.15) is 4.99 Å². The highest BCUT2D eigenvalue weighted by atomic mass is 35.5. The molecule has 1 heterocycles. The Hall–Kier alpha value is -1.22. The topological polar surface area (TPSA) is 159 Å². The first-order valence-electron chi connectivity index (χ1n) is 3.64. The molecule has 0 fully saturated rings. The summed E-state index contributed by atoms with van der Waals surface area (Å²) in [6.07, 6.45) is 0. The van der Waals surface area contributed by atoms with Crippen LogP contribution in [0.4, 0.5) is 11.6 Å². The molecule has 0 aliphatic heterocycles. The van der Waals surface area contributed by atoms with Gasteiger partial charge in [-0.15, -0.1) is 37.2 Å². The summed E-state index contributed by atoms with van der Waals surface area (Å²) in [4.78, 5) is 21.7. The minimum atomic E-state index is -0.832. The summed E-state index contributed by atoms with van der Waals surface area (Å²) >= 11 is 5.55. The van der Waals surface area contributed by atoms with Gasteiger partial charge in [-0.3, -0.25) is 4.79 Å². The highest BCUT2D eigenvalue weighted by Gasteiger charge is 2.15. The van der Waals surface area contributed by atoms with Crippen molar-refractivity contribution in [3.05, 3.63) is 10.8 Å². The number of hydrogen-bond acceptors (Lipinski definition) is 5. The first-order chi connectivity index (χ1) is 6.91. The number of rotatable bonds is 1. The van der Waals surface area contributed by atoms with E-state index in [1.54, 1.807) is 0 Å². The van der Waals surface area contributed by atoms with E-state index in [2.05, 4.69) is 15.0 Å². The van der Waals surface area contributed by atoms with Crippen molar-refractivity contribution in [2.24, 2.45) is 16.5 Å². The van der Waals surface area contributed by atoms with Crippen molar-refractivity contribution in [3.63, 3.8) is 0 Å². The van der Waals surface area contributed by atoms with Crippen LogP contribution in [0.25, 0.3) is 0 Å². The molecule has 0 aliphatic carbocycles. The van der Waals surface area contributed by atoms with Crippen molar-refractivity contribution in [3.8, 4) is 0 Å². The van der Waals surface area contributed by atoms with E-state index in [-0.39, 0.29) is 59.7 Å². The number of amides is 1. The molecule has 0 saturated heterocycles. The van der Waals surface area contributed by atoms with Crippen molar-refractivity contribution in [2.75, 3.05) is 11.5 Å². The fraction of sp³-hybridized carbons (Fsp3) is 0. The van der Waals surface area contributed by atoms with Gasteiger partial charge in [0, 0.05) is 0 Å². The highest BCUT2D eigenvalue weighted by Crippen LogP contribution is 2.17. The second-order valence-corrected chi connectivity index (χ2v) is 2.83. The molecule has 1 aromatic rings. The molecule has 1 rings (SSSR count). The van der Waals surface area contributed by atoms with Crippen LogP contribution in [0.5, 0.6) is 0 Å². The fourth-order valence-electron chi connectivity index (χ4n) is 0.769. The number of hydrogen-bond donors (Lipinski definition) is 4. The van der Waals surface area contributed by atoms with Gasteiger partial charge >= 0.3 is 5.91 Å². The van der Waals surface area contributed by atoms with Gasteiger partial charge in [0.2, 0.25) is 0 Å². The first-order valence-corrected chi connectivity index (χ1v) is 4.02. The van der Waals surface area contributed by atoms with Crippen LogP contribution in [0.1, 0.15) is 10.5 Å². The second-order valence-electron chi connectivity index (χ2n) is 2.48. The summed E-state index contributed by atoms with van der Waals surface area (Å²) in [5.74, 6) is -1.50. The number of guanidine groups is 1. The molecule has 0 saturated carbocycles. The predicted molar refractivity (Wildman–Crippen MR) is 77.8 cm³/mol. The number of halogens is 4. The van der Waals surface area contributed by atoms with E-state index in [0.717, 1.165) is 0 Å². The Morgan fingerprint density at radius 3 is 2.00 bits per heavy atom. The lowest BCUT2D eigenvalue weighted by molar-refractivity contribution is 0.0998. The molecule has 0 spiro atoms. The van der Waals surface area contributed by atoms with Gasteiger partial charge < -0.3 is 22.9 Å². The lowest BCUT2D eigenvalue weighted by atomic mass is 10.4. The van der Waals surface area contributed by atoms with Crippen LogP contribution in [0.2, 0.25) is 5.15 Å². The van der Waals surface area contributed by atoms with Crippen LogP contribution in [-0.2, 0) is 0 Å².